The average molecular weight is 438 g/mol. The van der Waals surface area contributed by atoms with Gasteiger partial charge in [0.15, 0.2) is 11.6 Å². The molecular formula is C25H24F2N2O3. The summed E-state index contributed by atoms with van der Waals surface area (Å²) < 4.78 is 31.6. The molecule has 0 saturated heterocycles. The van der Waals surface area contributed by atoms with Crippen molar-refractivity contribution in [3.05, 3.63) is 95.1 Å². The maximum atomic E-state index is 13.8. The van der Waals surface area contributed by atoms with E-state index >= 15 is 0 Å². The molecule has 3 aromatic carbocycles. The number of hydrogen-bond acceptors (Lipinski definition) is 3. The van der Waals surface area contributed by atoms with Crippen molar-refractivity contribution in [2.24, 2.45) is 0 Å². The maximum absolute atomic E-state index is 13.8. The predicted molar refractivity (Wildman–Crippen MR) is 119 cm³/mol. The first-order valence-corrected chi connectivity index (χ1v) is 10.1. The van der Waals surface area contributed by atoms with Crippen LogP contribution in [0, 0.1) is 11.6 Å². The molecular weight excluding hydrogens is 414 g/mol. The van der Waals surface area contributed by atoms with Crippen molar-refractivity contribution in [2.75, 3.05) is 12.4 Å². The van der Waals surface area contributed by atoms with Crippen LogP contribution >= 0.6 is 0 Å². The third-order valence-corrected chi connectivity index (χ3v) is 5.01. The van der Waals surface area contributed by atoms with Gasteiger partial charge < -0.3 is 15.4 Å². The number of benzene rings is 3. The molecule has 0 spiro atoms. The number of anilines is 1. The molecule has 7 heteroatoms. The lowest BCUT2D eigenvalue weighted by atomic mass is 10.1. The first-order valence-electron chi connectivity index (χ1n) is 10.1. The van der Waals surface area contributed by atoms with Crippen molar-refractivity contribution in [1.29, 1.82) is 0 Å². The van der Waals surface area contributed by atoms with Crippen LogP contribution < -0.4 is 15.4 Å². The SMILES string of the molecule is COc1ccc(CCC(=O)NC(C)c2ccc(NC(=O)c3ccc(F)cc3)cc2)cc1F. The minimum atomic E-state index is -0.453. The Balaban J connectivity index is 1.51. The fourth-order valence-electron chi connectivity index (χ4n) is 3.18. The Hall–Kier alpha value is -3.74. The zero-order valence-corrected chi connectivity index (χ0v) is 17.8. The Morgan fingerprint density at radius 1 is 0.969 bits per heavy atom. The van der Waals surface area contributed by atoms with Gasteiger partial charge in [-0.3, -0.25) is 9.59 Å². The largest absolute Gasteiger partial charge is 0.494 e. The van der Waals surface area contributed by atoms with E-state index in [1.54, 1.807) is 24.3 Å². The van der Waals surface area contributed by atoms with E-state index in [0.717, 1.165) is 5.56 Å². The van der Waals surface area contributed by atoms with Crippen LogP contribution in [-0.4, -0.2) is 18.9 Å². The zero-order chi connectivity index (χ0) is 23.1. The second-order valence-corrected chi connectivity index (χ2v) is 7.34. The molecule has 0 aliphatic heterocycles. The van der Waals surface area contributed by atoms with Gasteiger partial charge in [-0.1, -0.05) is 18.2 Å². The predicted octanol–water partition coefficient (Wildman–Crippen LogP) is 5.04. The molecule has 3 rings (SSSR count). The normalized spacial score (nSPS) is 11.5. The summed E-state index contributed by atoms with van der Waals surface area (Å²) in [7, 11) is 1.40. The minimum Gasteiger partial charge on any atom is -0.494 e. The van der Waals surface area contributed by atoms with E-state index in [0.29, 0.717) is 23.2 Å². The number of carbonyl (C=O) groups excluding carboxylic acids is 2. The Bertz CT molecular complexity index is 1080. The van der Waals surface area contributed by atoms with Gasteiger partial charge in [0.2, 0.25) is 5.91 Å². The van der Waals surface area contributed by atoms with E-state index < -0.39 is 11.6 Å². The van der Waals surface area contributed by atoms with E-state index in [9.17, 15) is 18.4 Å². The summed E-state index contributed by atoms with van der Waals surface area (Å²) in [5, 5.41) is 5.66. The zero-order valence-electron chi connectivity index (χ0n) is 17.8. The number of rotatable bonds is 8. The lowest BCUT2D eigenvalue weighted by molar-refractivity contribution is -0.121. The van der Waals surface area contributed by atoms with Crippen LogP contribution in [0.15, 0.2) is 66.7 Å². The first-order chi connectivity index (χ1) is 15.4. The summed E-state index contributed by atoms with van der Waals surface area (Å²) in [5.74, 6) is -1.18. The molecule has 0 aliphatic carbocycles. The Morgan fingerprint density at radius 3 is 2.28 bits per heavy atom. The monoisotopic (exact) mass is 438 g/mol. The number of methoxy groups -OCH3 is 1. The number of nitrogens with one attached hydrogen (secondary N) is 2. The van der Waals surface area contributed by atoms with Gasteiger partial charge in [0, 0.05) is 17.7 Å². The van der Waals surface area contributed by atoms with Gasteiger partial charge in [0.05, 0.1) is 13.2 Å². The van der Waals surface area contributed by atoms with Gasteiger partial charge in [-0.25, -0.2) is 8.78 Å². The molecule has 0 radical (unpaired) electrons. The van der Waals surface area contributed by atoms with Crippen LogP contribution in [-0.2, 0) is 11.2 Å². The van der Waals surface area contributed by atoms with Crippen molar-refractivity contribution < 1.29 is 23.1 Å². The summed E-state index contributed by atoms with van der Waals surface area (Å²) in [6.45, 7) is 1.86. The molecule has 1 unspecified atom stereocenters. The maximum Gasteiger partial charge on any atom is 0.255 e. The number of ether oxygens (including phenoxy) is 1. The molecule has 2 amide bonds. The molecule has 0 heterocycles. The summed E-state index contributed by atoms with van der Waals surface area (Å²) in [6.07, 6.45) is 0.635. The van der Waals surface area contributed by atoms with Gasteiger partial charge in [0.25, 0.3) is 5.91 Å². The van der Waals surface area contributed by atoms with E-state index in [2.05, 4.69) is 10.6 Å². The molecule has 166 valence electrons. The highest BCUT2D eigenvalue weighted by Gasteiger charge is 2.12. The van der Waals surface area contributed by atoms with Crippen molar-refractivity contribution in [3.63, 3.8) is 0 Å². The molecule has 0 saturated carbocycles. The minimum absolute atomic E-state index is 0.151. The Labute approximate surface area is 185 Å². The van der Waals surface area contributed by atoms with E-state index in [1.165, 1.54) is 37.4 Å². The van der Waals surface area contributed by atoms with Crippen LogP contribution in [0.25, 0.3) is 0 Å². The molecule has 0 fully saturated rings. The number of amides is 2. The van der Waals surface area contributed by atoms with Gasteiger partial charge in [0.1, 0.15) is 5.82 Å². The van der Waals surface area contributed by atoms with E-state index in [-0.39, 0.29) is 30.0 Å². The molecule has 3 aromatic rings. The van der Waals surface area contributed by atoms with Crippen molar-refractivity contribution in [1.82, 2.24) is 5.32 Å². The van der Waals surface area contributed by atoms with Crippen LogP contribution in [0.3, 0.4) is 0 Å². The molecule has 0 aromatic heterocycles. The smallest absolute Gasteiger partial charge is 0.255 e. The summed E-state index contributed by atoms with van der Waals surface area (Å²) in [6, 6.07) is 16.8. The van der Waals surface area contributed by atoms with Gasteiger partial charge >= 0.3 is 0 Å². The lowest BCUT2D eigenvalue weighted by Gasteiger charge is -2.15. The summed E-state index contributed by atoms with van der Waals surface area (Å²) in [4.78, 5) is 24.5. The molecule has 5 nitrogen and oxygen atoms in total. The molecule has 2 N–H and O–H groups in total. The van der Waals surface area contributed by atoms with Crippen molar-refractivity contribution >= 4 is 17.5 Å². The molecule has 0 bridgehead atoms. The number of carbonyl (C=O) groups is 2. The highest BCUT2D eigenvalue weighted by Crippen LogP contribution is 2.20. The summed E-state index contributed by atoms with van der Waals surface area (Å²) in [5.41, 5.74) is 2.52. The van der Waals surface area contributed by atoms with E-state index in [1.807, 2.05) is 19.1 Å². The van der Waals surface area contributed by atoms with Gasteiger partial charge in [-0.2, -0.15) is 0 Å². The highest BCUT2D eigenvalue weighted by molar-refractivity contribution is 6.04. The second-order valence-electron chi connectivity index (χ2n) is 7.34. The fraction of sp³-hybridized carbons (Fsp3) is 0.200. The third kappa shape index (κ3) is 6.14. The average Bonchev–Trinajstić information content (AvgIpc) is 2.78. The van der Waals surface area contributed by atoms with Gasteiger partial charge in [-0.05, 0) is 73.0 Å². The fourth-order valence-corrected chi connectivity index (χ4v) is 3.18. The topological polar surface area (TPSA) is 67.4 Å². The lowest BCUT2D eigenvalue weighted by Crippen LogP contribution is -2.26. The number of halogens is 2. The van der Waals surface area contributed by atoms with Gasteiger partial charge in [-0.15, -0.1) is 0 Å². The molecule has 1 atom stereocenters. The molecule has 0 aliphatic rings. The van der Waals surface area contributed by atoms with Crippen molar-refractivity contribution in [3.8, 4) is 5.75 Å². The van der Waals surface area contributed by atoms with Crippen LogP contribution in [0.4, 0.5) is 14.5 Å². The number of aryl methyl sites for hydroxylation is 1. The van der Waals surface area contributed by atoms with Crippen LogP contribution in [0.1, 0.15) is 40.9 Å². The number of hydrogen-bond donors (Lipinski definition) is 2. The van der Waals surface area contributed by atoms with E-state index in [4.69, 9.17) is 4.74 Å². The highest BCUT2D eigenvalue weighted by atomic mass is 19.1. The van der Waals surface area contributed by atoms with Crippen LogP contribution in [0.5, 0.6) is 5.75 Å². The Morgan fingerprint density at radius 2 is 1.66 bits per heavy atom. The van der Waals surface area contributed by atoms with Crippen molar-refractivity contribution in [2.45, 2.75) is 25.8 Å². The third-order valence-electron chi connectivity index (χ3n) is 5.01. The first kappa shape index (κ1) is 22.9. The summed E-state index contributed by atoms with van der Waals surface area (Å²) >= 11 is 0. The van der Waals surface area contributed by atoms with Crippen LogP contribution in [0.2, 0.25) is 0 Å². The second kappa shape index (κ2) is 10.5. The Kier molecular flexibility index (Phi) is 7.54. The standard InChI is InChI=1S/C25H24F2N2O3/c1-16(28-24(30)14-4-17-3-13-23(32-2)22(27)15-17)18-7-11-21(12-8-18)29-25(31)19-5-9-20(26)10-6-19/h3,5-13,15-16H,4,14H2,1-2H3,(H,28,30)(H,29,31). The molecule has 32 heavy (non-hydrogen) atoms. The quantitative estimate of drug-likeness (QED) is 0.518.